The molecule has 0 aliphatic heterocycles. The van der Waals surface area contributed by atoms with Crippen LogP contribution in [-0.2, 0) is 12.8 Å². The summed E-state index contributed by atoms with van der Waals surface area (Å²) in [6, 6.07) is 3.80. The van der Waals surface area contributed by atoms with Gasteiger partial charge in [-0.1, -0.05) is 0 Å². The number of ether oxygens (including phenoxy) is 1. The summed E-state index contributed by atoms with van der Waals surface area (Å²) in [6.07, 6.45) is 4.76. The third kappa shape index (κ3) is 2.34. The van der Waals surface area contributed by atoms with E-state index in [0.717, 1.165) is 30.6 Å². The van der Waals surface area contributed by atoms with Crippen LogP contribution < -0.4 is 10.5 Å². The minimum Gasteiger partial charge on any atom is -0.496 e. The summed E-state index contributed by atoms with van der Waals surface area (Å²) in [4.78, 5) is 12.0. The highest BCUT2D eigenvalue weighted by Crippen LogP contribution is 2.32. The molecule has 92 valence electrons. The summed E-state index contributed by atoms with van der Waals surface area (Å²) in [5.41, 5.74) is 8.72. The molecule has 0 amide bonds. The highest BCUT2D eigenvalue weighted by molar-refractivity contribution is 5.98. The van der Waals surface area contributed by atoms with Crippen molar-refractivity contribution in [3.63, 3.8) is 0 Å². The van der Waals surface area contributed by atoms with Gasteiger partial charge in [0, 0.05) is 12.0 Å². The number of hydrogen-bond donors (Lipinski definition) is 1. The number of rotatable bonds is 4. The molecule has 1 aromatic carbocycles. The van der Waals surface area contributed by atoms with Crippen molar-refractivity contribution in [2.24, 2.45) is 5.73 Å². The summed E-state index contributed by atoms with van der Waals surface area (Å²) in [5.74, 6) is 1.08. The van der Waals surface area contributed by atoms with Crippen molar-refractivity contribution >= 4 is 5.78 Å². The Kier molecular flexibility index (Phi) is 3.79. The molecule has 0 bridgehead atoms. The van der Waals surface area contributed by atoms with Crippen LogP contribution in [0.2, 0.25) is 0 Å². The quantitative estimate of drug-likeness (QED) is 0.810. The van der Waals surface area contributed by atoms with Crippen LogP contribution in [0.3, 0.4) is 0 Å². The van der Waals surface area contributed by atoms with Crippen LogP contribution in [0.25, 0.3) is 0 Å². The molecular weight excluding hydrogens is 214 g/mol. The lowest BCUT2D eigenvalue weighted by molar-refractivity contribution is 0.0984. The first-order chi connectivity index (χ1) is 8.27. The van der Waals surface area contributed by atoms with E-state index in [1.807, 2.05) is 12.1 Å². The van der Waals surface area contributed by atoms with E-state index in [4.69, 9.17) is 10.5 Å². The van der Waals surface area contributed by atoms with Gasteiger partial charge in [-0.15, -0.1) is 0 Å². The Hall–Kier alpha value is -1.35. The van der Waals surface area contributed by atoms with E-state index in [1.54, 1.807) is 7.11 Å². The molecule has 2 N–H and O–H groups in total. The van der Waals surface area contributed by atoms with Crippen molar-refractivity contribution in [2.45, 2.75) is 32.1 Å². The zero-order valence-electron chi connectivity index (χ0n) is 10.3. The number of ketones is 1. The maximum absolute atomic E-state index is 12.0. The van der Waals surface area contributed by atoms with E-state index in [-0.39, 0.29) is 5.78 Å². The average molecular weight is 233 g/mol. The number of methoxy groups -OCH3 is 1. The predicted octanol–water partition coefficient (Wildman–Crippen LogP) is 2.11. The van der Waals surface area contributed by atoms with E-state index in [2.05, 4.69) is 0 Å². The molecule has 1 aromatic rings. The Morgan fingerprint density at radius 2 is 2.00 bits per heavy atom. The van der Waals surface area contributed by atoms with Crippen molar-refractivity contribution in [1.82, 2.24) is 0 Å². The monoisotopic (exact) mass is 233 g/mol. The number of benzene rings is 1. The SMILES string of the molecule is COc1ccc(C(=O)CCN)c2c1CCCC2. The van der Waals surface area contributed by atoms with Crippen molar-refractivity contribution < 1.29 is 9.53 Å². The number of carbonyl (C=O) groups is 1. The maximum atomic E-state index is 12.0. The van der Waals surface area contributed by atoms with Crippen molar-refractivity contribution in [1.29, 1.82) is 0 Å². The van der Waals surface area contributed by atoms with E-state index in [0.29, 0.717) is 13.0 Å². The first-order valence-electron chi connectivity index (χ1n) is 6.20. The molecule has 3 nitrogen and oxygen atoms in total. The van der Waals surface area contributed by atoms with Gasteiger partial charge in [0.2, 0.25) is 0 Å². The van der Waals surface area contributed by atoms with Crippen molar-refractivity contribution in [2.75, 3.05) is 13.7 Å². The van der Waals surface area contributed by atoms with Gasteiger partial charge in [-0.2, -0.15) is 0 Å². The van der Waals surface area contributed by atoms with E-state index >= 15 is 0 Å². The Labute approximate surface area is 102 Å². The summed E-state index contributed by atoms with van der Waals surface area (Å²) >= 11 is 0. The third-order valence-electron chi connectivity index (χ3n) is 3.38. The lowest BCUT2D eigenvalue weighted by Crippen LogP contribution is -2.14. The zero-order valence-corrected chi connectivity index (χ0v) is 10.3. The van der Waals surface area contributed by atoms with Crippen LogP contribution in [0.4, 0.5) is 0 Å². The van der Waals surface area contributed by atoms with Gasteiger partial charge < -0.3 is 10.5 Å². The molecule has 17 heavy (non-hydrogen) atoms. The van der Waals surface area contributed by atoms with Gasteiger partial charge in [0.1, 0.15) is 5.75 Å². The normalized spacial score (nSPS) is 14.2. The number of carbonyl (C=O) groups excluding carboxylic acids is 1. The van der Waals surface area contributed by atoms with E-state index < -0.39 is 0 Å². The second-order valence-electron chi connectivity index (χ2n) is 4.44. The minimum atomic E-state index is 0.160. The fourth-order valence-corrected chi connectivity index (χ4v) is 2.55. The summed E-state index contributed by atoms with van der Waals surface area (Å²) in [7, 11) is 1.69. The Morgan fingerprint density at radius 1 is 1.29 bits per heavy atom. The number of Topliss-reactive ketones (excluding diaryl/α,β-unsaturated/α-hetero) is 1. The van der Waals surface area contributed by atoms with Crippen LogP contribution in [0.5, 0.6) is 5.75 Å². The number of fused-ring (bicyclic) bond motifs is 1. The van der Waals surface area contributed by atoms with Gasteiger partial charge >= 0.3 is 0 Å². The fourth-order valence-electron chi connectivity index (χ4n) is 2.55. The topological polar surface area (TPSA) is 52.3 Å². The summed E-state index contributed by atoms with van der Waals surface area (Å²) in [6.45, 7) is 0.416. The molecule has 0 heterocycles. The molecule has 0 radical (unpaired) electrons. The van der Waals surface area contributed by atoms with Crippen LogP contribution in [0.15, 0.2) is 12.1 Å². The molecule has 0 fully saturated rings. The van der Waals surface area contributed by atoms with E-state index in [9.17, 15) is 4.79 Å². The second kappa shape index (κ2) is 5.32. The molecule has 0 saturated heterocycles. The van der Waals surface area contributed by atoms with Crippen LogP contribution in [0.1, 0.15) is 40.7 Å². The molecule has 1 aliphatic carbocycles. The smallest absolute Gasteiger partial charge is 0.164 e. The maximum Gasteiger partial charge on any atom is 0.164 e. The molecule has 0 atom stereocenters. The summed E-state index contributed by atoms with van der Waals surface area (Å²) < 4.78 is 5.37. The second-order valence-corrected chi connectivity index (χ2v) is 4.44. The highest BCUT2D eigenvalue weighted by atomic mass is 16.5. The molecule has 0 unspecified atom stereocenters. The minimum absolute atomic E-state index is 0.160. The largest absolute Gasteiger partial charge is 0.496 e. The zero-order chi connectivity index (χ0) is 12.3. The molecule has 0 aromatic heterocycles. The van der Waals surface area contributed by atoms with Crippen molar-refractivity contribution in [3.05, 3.63) is 28.8 Å². The third-order valence-corrected chi connectivity index (χ3v) is 3.38. The standard InChI is InChI=1S/C14H19NO2/c1-17-14-7-6-11(13(16)8-9-15)10-4-2-3-5-12(10)14/h6-7H,2-5,8-9,15H2,1H3. The van der Waals surface area contributed by atoms with Crippen LogP contribution in [0, 0.1) is 0 Å². The van der Waals surface area contributed by atoms with Crippen LogP contribution >= 0.6 is 0 Å². The first-order valence-corrected chi connectivity index (χ1v) is 6.20. The fraction of sp³-hybridized carbons (Fsp3) is 0.500. The molecule has 2 rings (SSSR count). The predicted molar refractivity (Wildman–Crippen MR) is 67.6 cm³/mol. The Bertz CT molecular complexity index is 426. The van der Waals surface area contributed by atoms with Crippen LogP contribution in [-0.4, -0.2) is 19.4 Å². The van der Waals surface area contributed by atoms with E-state index in [1.165, 1.54) is 17.5 Å². The number of nitrogens with two attached hydrogens (primary N) is 1. The lowest BCUT2D eigenvalue weighted by atomic mass is 9.86. The van der Waals surface area contributed by atoms with Crippen molar-refractivity contribution in [3.8, 4) is 5.75 Å². The van der Waals surface area contributed by atoms with Gasteiger partial charge in [-0.25, -0.2) is 0 Å². The first kappa shape index (κ1) is 12.1. The average Bonchev–Trinajstić information content (AvgIpc) is 2.37. The van der Waals surface area contributed by atoms with Gasteiger partial charge in [0.25, 0.3) is 0 Å². The van der Waals surface area contributed by atoms with Gasteiger partial charge in [-0.05, 0) is 55.5 Å². The van der Waals surface area contributed by atoms with Gasteiger partial charge in [0.15, 0.2) is 5.78 Å². The molecular formula is C14H19NO2. The summed E-state index contributed by atoms with van der Waals surface area (Å²) in [5, 5.41) is 0. The highest BCUT2D eigenvalue weighted by Gasteiger charge is 2.20. The Balaban J connectivity index is 2.43. The molecule has 0 spiro atoms. The molecule has 3 heteroatoms. The van der Waals surface area contributed by atoms with Gasteiger partial charge in [-0.3, -0.25) is 4.79 Å². The number of hydrogen-bond acceptors (Lipinski definition) is 3. The molecule has 0 saturated carbocycles. The molecule has 1 aliphatic rings. The lowest BCUT2D eigenvalue weighted by Gasteiger charge is -2.21. The Morgan fingerprint density at radius 3 is 2.65 bits per heavy atom. The van der Waals surface area contributed by atoms with Gasteiger partial charge in [0.05, 0.1) is 7.11 Å².